The molecule has 2 heterocycles. The Balaban J connectivity index is 2.19. The lowest BCUT2D eigenvalue weighted by Crippen LogP contribution is -1.82. The number of thiazole rings is 1. The van der Waals surface area contributed by atoms with E-state index in [-0.39, 0.29) is 0 Å². The Morgan fingerprint density at radius 3 is 2.78 bits per heavy atom. The van der Waals surface area contributed by atoms with Gasteiger partial charge in [-0.1, -0.05) is 33.6 Å². The van der Waals surface area contributed by atoms with Crippen LogP contribution in [-0.2, 0) is 0 Å². The van der Waals surface area contributed by atoms with Gasteiger partial charge in [-0.3, -0.25) is 4.40 Å². The lowest BCUT2D eigenvalue weighted by atomic mass is 10.2. The summed E-state index contributed by atoms with van der Waals surface area (Å²) in [6, 6.07) is 5.86. The molecule has 3 rings (SSSR count). The third-order valence-corrected chi connectivity index (χ3v) is 4.87. The van der Waals surface area contributed by atoms with Crippen LogP contribution in [0.25, 0.3) is 16.2 Å². The molecule has 3 aromatic rings. The van der Waals surface area contributed by atoms with E-state index >= 15 is 0 Å². The van der Waals surface area contributed by atoms with E-state index in [1.807, 2.05) is 24.4 Å². The van der Waals surface area contributed by atoms with E-state index < -0.39 is 0 Å². The largest absolute Gasteiger partial charge is 0.294 e. The number of hydrogen-bond donors (Lipinski definition) is 0. The summed E-state index contributed by atoms with van der Waals surface area (Å²) >= 11 is 11.4. The van der Waals surface area contributed by atoms with E-state index in [1.54, 1.807) is 11.3 Å². The molecule has 2 aromatic heterocycles. The maximum atomic E-state index is 6.25. The van der Waals surface area contributed by atoms with Crippen LogP contribution in [0.4, 0.5) is 0 Å². The van der Waals surface area contributed by atoms with Crippen LogP contribution >= 0.6 is 38.9 Å². The Bertz CT molecular complexity index is 745. The molecule has 0 aliphatic rings. The van der Waals surface area contributed by atoms with Crippen LogP contribution in [0.5, 0.6) is 0 Å². The Morgan fingerprint density at radius 1 is 1.33 bits per heavy atom. The third-order valence-electron chi connectivity index (χ3n) is 3.00. The van der Waals surface area contributed by atoms with Crippen LogP contribution in [0, 0.1) is 13.8 Å². The maximum absolute atomic E-state index is 6.25. The van der Waals surface area contributed by atoms with E-state index in [2.05, 4.69) is 39.2 Å². The molecule has 5 heteroatoms. The molecule has 0 amide bonds. The van der Waals surface area contributed by atoms with Crippen molar-refractivity contribution in [3.63, 3.8) is 0 Å². The van der Waals surface area contributed by atoms with Gasteiger partial charge < -0.3 is 0 Å². The molecule has 0 saturated heterocycles. The molecular weight excluding hydrogens is 332 g/mol. The number of hydrogen-bond acceptors (Lipinski definition) is 2. The lowest BCUT2D eigenvalue weighted by molar-refractivity contribution is 1.11. The number of aryl methyl sites for hydroxylation is 2. The van der Waals surface area contributed by atoms with Crippen molar-refractivity contribution >= 4 is 43.8 Å². The first-order valence-corrected chi connectivity index (χ1v) is 7.45. The maximum Gasteiger partial charge on any atom is 0.194 e. The van der Waals surface area contributed by atoms with E-state index in [9.17, 15) is 0 Å². The van der Waals surface area contributed by atoms with Gasteiger partial charge in [-0.25, -0.2) is 4.98 Å². The summed E-state index contributed by atoms with van der Waals surface area (Å²) in [6.07, 6.45) is 2.04. The Labute approximate surface area is 122 Å². The average Bonchev–Trinajstić information content (AvgIpc) is 2.81. The lowest BCUT2D eigenvalue weighted by Gasteiger charge is -2.00. The third kappa shape index (κ3) is 1.88. The number of imidazole rings is 1. The van der Waals surface area contributed by atoms with Crippen LogP contribution in [-0.4, -0.2) is 9.38 Å². The second-order valence-corrected chi connectivity index (χ2v) is 6.65. The summed E-state index contributed by atoms with van der Waals surface area (Å²) in [5.74, 6) is 0. The zero-order valence-corrected chi connectivity index (χ0v) is 13.0. The molecule has 18 heavy (non-hydrogen) atoms. The fourth-order valence-corrected chi connectivity index (χ4v) is 3.61. The predicted octanol–water partition coefficient (Wildman–Crippen LogP) is 5.10. The molecule has 0 aliphatic carbocycles. The van der Waals surface area contributed by atoms with Crippen molar-refractivity contribution in [1.29, 1.82) is 0 Å². The van der Waals surface area contributed by atoms with Crippen molar-refractivity contribution in [2.45, 2.75) is 13.8 Å². The van der Waals surface area contributed by atoms with Gasteiger partial charge in [0, 0.05) is 26.8 Å². The first-order valence-electron chi connectivity index (χ1n) is 5.47. The molecule has 0 spiro atoms. The second kappa shape index (κ2) is 4.37. The first kappa shape index (κ1) is 12.2. The first-order chi connectivity index (χ1) is 8.56. The number of nitrogens with zero attached hydrogens (tertiary/aromatic N) is 2. The SMILES string of the molecule is Cc1sc2nc(-c3ccc(Br)cc3Cl)cn2c1C. The smallest absolute Gasteiger partial charge is 0.194 e. The molecule has 0 N–H and O–H groups in total. The minimum Gasteiger partial charge on any atom is -0.294 e. The van der Waals surface area contributed by atoms with E-state index in [4.69, 9.17) is 11.6 Å². The zero-order valence-electron chi connectivity index (χ0n) is 9.87. The molecule has 1 aromatic carbocycles. The minimum absolute atomic E-state index is 0.713. The van der Waals surface area contributed by atoms with Crippen LogP contribution in [0.1, 0.15) is 10.6 Å². The van der Waals surface area contributed by atoms with Gasteiger partial charge in [0.1, 0.15) is 0 Å². The molecule has 0 saturated carbocycles. The van der Waals surface area contributed by atoms with Crippen LogP contribution in [0.3, 0.4) is 0 Å². The minimum atomic E-state index is 0.713. The van der Waals surface area contributed by atoms with Crippen molar-refractivity contribution in [2.75, 3.05) is 0 Å². The molecule has 0 atom stereocenters. The Hall–Kier alpha value is -0.840. The molecule has 92 valence electrons. The molecular formula is C13H10BrClN2S. The van der Waals surface area contributed by atoms with Crippen molar-refractivity contribution in [3.05, 3.63) is 44.5 Å². The van der Waals surface area contributed by atoms with Crippen molar-refractivity contribution in [3.8, 4) is 11.3 Å². The van der Waals surface area contributed by atoms with Crippen molar-refractivity contribution < 1.29 is 0 Å². The van der Waals surface area contributed by atoms with E-state index in [0.717, 1.165) is 20.7 Å². The van der Waals surface area contributed by atoms with Gasteiger partial charge in [0.2, 0.25) is 0 Å². The van der Waals surface area contributed by atoms with Gasteiger partial charge in [0.05, 0.1) is 10.7 Å². The highest BCUT2D eigenvalue weighted by Gasteiger charge is 2.12. The van der Waals surface area contributed by atoms with Crippen LogP contribution in [0.15, 0.2) is 28.9 Å². The number of aromatic nitrogens is 2. The standard InChI is InChI=1S/C13H10BrClN2S/c1-7-8(2)18-13-16-12(6-17(7)13)10-4-3-9(14)5-11(10)15/h3-6H,1-2H3. The van der Waals surface area contributed by atoms with Gasteiger partial charge >= 0.3 is 0 Å². The number of halogens is 2. The number of rotatable bonds is 1. The highest BCUT2D eigenvalue weighted by molar-refractivity contribution is 9.10. The zero-order chi connectivity index (χ0) is 12.9. The van der Waals surface area contributed by atoms with Crippen molar-refractivity contribution in [2.24, 2.45) is 0 Å². The number of fused-ring (bicyclic) bond motifs is 1. The number of benzene rings is 1. The van der Waals surface area contributed by atoms with Gasteiger partial charge in [-0.15, -0.1) is 11.3 Å². The van der Waals surface area contributed by atoms with Crippen molar-refractivity contribution in [1.82, 2.24) is 9.38 Å². The summed E-state index contributed by atoms with van der Waals surface area (Å²) in [6.45, 7) is 4.22. The highest BCUT2D eigenvalue weighted by Crippen LogP contribution is 2.32. The quantitative estimate of drug-likeness (QED) is 0.602. The highest BCUT2D eigenvalue weighted by atomic mass is 79.9. The summed E-state index contributed by atoms with van der Waals surface area (Å²) in [4.78, 5) is 6.95. The average molecular weight is 342 g/mol. The predicted molar refractivity (Wildman–Crippen MR) is 80.7 cm³/mol. The molecule has 2 nitrogen and oxygen atoms in total. The van der Waals surface area contributed by atoms with Gasteiger partial charge in [-0.05, 0) is 26.0 Å². The summed E-state index contributed by atoms with van der Waals surface area (Å²) < 4.78 is 3.09. The normalized spacial score (nSPS) is 11.3. The Morgan fingerprint density at radius 2 is 2.11 bits per heavy atom. The summed E-state index contributed by atoms with van der Waals surface area (Å²) in [7, 11) is 0. The van der Waals surface area contributed by atoms with Crippen LogP contribution < -0.4 is 0 Å². The summed E-state index contributed by atoms with van der Waals surface area (Å²) in [5, 5.41) is 0.713. The monoisotopic (exact) mass is 340 g/mol. The molecule has 0 aliphatic heterocycles. The van der Waals surface area contributed by atoms with E-state index in [0.29, 0.717) is 5.02 Å². The molecule has 0 radical (unpaired) electrons. The molecule has 0 fully saturated rings. The fraction of sp³-hybridized carbons (Fsp3) is 0.154. The van der Waals surface area contributed by atoms with Gasteiger partial charge in [-0.2, -0.15) is 0 Å². The van der Waals surface area contributed by atoms with Gasteiger partial charge in [0.25, 0.3) is 0 Å². The molecule has 0 unspecified atom stereocenters. The Kier molecular flexibility index (Phi) is 2.96. The topological polar surface area (TPSA) is 17.3 Å². The van der Waals surface area contributed by atoms with Crippen LogP contribution in [0.2, 0.25) is 5.02 Å². The van der Waals surface area contributed by atoms with E-state index in [1.165, 1.54) is 10.6 Å². The fourth-order valence-electron chi connectivity index (χ4n) is 1.88. The second-order valence-electron chi connectivity index (χ2n) is 4.15. The summed E-state index contributed by atoms with van der Waals surface area (Å²) in [5.41, 5.74) is 3.12. The van der Waals surface area contributed by atoms with Gasteiger partial charge in [0.15, 0.2) is 4.96 Å². The molecule has 0 bridgehead atoms.